The van der Waals surface area contributed by atoms with Crippen molar-refractivity contribution in [2.75, 3.05) is 0 Å². The van der Waals surface area contributed by atoms with Gasteiger partial charge in [-0.05, 0) is 12.5 Å². The van der Waals surface area contributed by atoms with E-state index in [2.05, 4.69) is 10.4 Å². The molecule has 2 atom stereocenters. The molecule has 0 aliphatic carbocycles. The van der Waals surface area contributed by atoms with Crippen LogP contribution in [0.2, 0.25) is 0 Å². The van der Waals surface area contributed by atoms with Crippen molar-refractivity contribution < 1.29 is 19.6 Å². The smallest absolute Gasteiger partial charge is 0.308 e. The van der Waals surface area contributed by atoms with Gasteiger partial charge in [-0.3, -0.25) is 24.4 Å². The molecule has 1 aromatic heterocycles. The van der Waals surface area contributed by atoms with Gasteiger partial charge in [-0.2, -0.15) is 5.10 Å². The second-order valence-electron chi connectivity index (χ2n) is 5.55. The quantitative estimate of drug-likeness (QED) is 0.554. The Morgan fingerprint density at radius 2 is 2.04 bits per heavy atom. The number of carboxylic acid groups (broad SMARTS) is 1. The number of rotatable bonds is 8. The number of nitrogens with one attached hydrogen (secondary N) is 1. The van der Waals surface area contributed by atoms with Gasteiger partial charge in [-0.1, -0.05) is 30.3 Å². The van der Waals surface area contributed by atoms with Crippen molar-refractivity contribution >= 4 is 17.6 Å². The molecule has 0 saturated carbocycles. The summed E-state index contributed by atoms with van der Waals surface area (Å²) in [6, 6.07) is 8.18. The molecule has 2 aromatic rings. The van der Waals surface area contributed by atoms with Crippen LogP contribution in [0.25, 0.3) is 0 Å². The minimum atomic E-state index is -1.02. The molecule has 0 radical (unpaired) electrons. The van der Waals surface area contributed by atoms with Crippen LogP contribution in [0.1, 0.15) is 24.9 Å². The Balaban J connectivity index is 2.01. The van der Waals surface area contributed by atoms with E-state index in [1.807, 2.05) is 0 Å². The standard InChI is InChI=1S/C16H18N4O5/c1-11(16(22)23)15(12-5-3-2-4-6-12)18-14(21)7-8-19-10-13(9-17-19)20(24)25/h2-6,9-11,15H,7-8H2,1H3,(H,18,21)(H,22,23). The number of nitro groups is 1. The average Bonchev–Trinajstić information content (AvgIpc) is 3.07. The van der Waals surface area contributed by atoms with Gasteiger partial charge in [0.1, 0.15) is 12.4 Å². The van der Waals surface area contributed by atoms with E-state index in [9.17, 15) is 24.8 Å². The lowest BCUT2D eigenvalue weighted by molar-refractivity contribution is -0.385. The maximum absolute atomic E-state index is 12.2. The van der Waals surface area contributed by atoms with E-state index in [0.717, 1.165) is 6.20 Å². The predicted molar refractivity (Wildman–Crippen MR) is 87.6 cm³/mol. The fourth-order valence-electron chi connectivity index (χ4n) is 2.33. The summed E-state index contributed by atoms with van der Waals surface area (Å²) >= 11 is 0. The van der Waals surface area contributed by atoms with E-state index in [-0.39, 0.29) is 24.6 Å². The van der Waals surface area contributed by atoms with E-state index < -0.39 is 22.9 Å². The Kier molecular flexibility index (Phi) is 5.83. The zero-order chi connectivity index (χ0) is 18.4. The summed E-state index contributed by atoms with van der Waals surface area (Å²) in [5, 5.41) is 26.4. The first-order chi connectivity index (χ1) is 11.9. The van der Waals surface area contributed by atoms with Gasteiger partial charge in [-0.25, -0.2) is 0 Å². The largest absolute Gasteiger partial charge is 0.481 e. The lowest BCUT2D eigenvalue weighted by Crippen LogP contribution is -2.36. The number of benzene rings is 1. The molecule has 0 saturated heterocycles. The molecule has 0 aliphatic rings. The normalized spacial score (nSPS) is 13.0. The van der Waals surface area contributed by atoms with Crippen LogP contribution in [-0.4, -0.2) is 31.7 Å². The summed E-state index contributed by atoms with van der Waals surface area (Å²) in [5.41, 5.74) is 0.544. The number of hydrogen-bond acceptors (Lipinski definition) is 5. The monoisotopic (exact) mass is 346 g/mol. The van der Waals surface area contributed by atoms with Crippen LogP contribution in [0, 0.1) is 16.0 Å². The fraction of sp³-hybridized carbons (Fsp3) is 0.312. The van der Waals surface area contributed by atoms with Gasteiger partial charge in [0, 0.05) is 13.0 Å². The third-order valence-electron chi connectivity index (χ3n) is 3.76. The van der Waals surface area contributed by atoms with E-state index in [1.54, 1.807) is 30.3 Å². The maximum atomic E-state index is 12.2. The number of carboxylic acids is 1. The Bertz CT molecular complexity index is 759. The van der Waals surface area contributed by atoms with Crippen molar-refractivity contribution in [2.45, 2.75) is 25.9 Å². The zero-order valence-electron chi connectivity index (χ0n) is 13.5. The topological polar surface area (TPSA) is 127 Å². The third kappa shape index (κ3) is 4.87. The molecule has 0 spiro atoms. The number of carbonyl (C=O) groups is 2. The number of aromatic nitrogens is 2. The van der Waals surface area contributed by atoms with E-state index in [0.29, 0.717) is 5.56 Å². The Labute approximate surface area is 143 Å². The molecule has 1 heterocycles. The molecule has 132 valence electrons. The van der Waals surface area contributed by atoms with Crippen molar-refractivity contribution in [1.29, 1.82) is 0 Å². The van der Waals surface area contributed by atoms with Crippen LogP contribution in [0.4, 0.5) is 5.69 Å². The molecular weight excluding hydrogens is 328 g/mol. The Morgan fingerprint density at radius 1 is 1.36 bits per heavy atom. The summed E-state index contributed by atoms with van der Waals surface area (Å²) in [5.74, 6) is -2.19. The second kappa shape index (κ2) is 8.04. The number of carbonyl (C=O) groups excluding carboxylic acids is 1. The lowest BCUT2D eigenvalue weighted by Gasteiger charge is -2.23. The number of aryl methyl sites for hydroxylation is 1. The van der Waals surface area contributed by atoms with Gasteiger partial charge in [-0.15, -0.1) is 0 Å². The predicted octanol–water partition coefficient (Wildman–Crippen LogP) is 1.76. The fourth-order valence-corrected chi connectivity index (χ4v) is 2.33. The number of aliphatic carboxylic acids is 1. The minimum absolute atomic E-state index is 0.0223. The van der Waals surface area contributed by atoms with Gasteiger partial charge in [0.25, 0.3) is 0 Å². The van der Waals surface area contributed by atoms with Crippen LogP contribution in [-0.2, 0) is 16.1 Å². The van der Waals surface area contributed by atoms with Crippen molar-refractivity contribution in [1.82, 2.24) is 15.1 Å². The maximum Gasteiger partial charge on any atom is 0.308 e. The van der Waals surface area contributed by atoms with Crippen molar-refractivity contribution in [2.24, 2.45) is 5.92 Å². The van der Waals surface area contributed by atoms with E-state index in [1.165, 1.54) is 17.8 Å². The minimum Gasteiger partial charge on any atom is -0.481 e. The molecule has 9 nitrogen and oxygen atoms in total. The molecule has 9 heteroatoms. The number of hydrogen-bond donors (Lipinski definition) is 2. The summed E-state index contributed by atoms with van der Waals surface area (Å²) in [4.78, 5) is 33.5. The SMILES string of the molecule is CC(C(=O)O)C(NC(=O)CCn1cc([N+](=O)[O-])cn1)c1ccccc1. The van der Waals surface area contributed by atoms with Crippen LogP contribution >= 0.6 is 0 Å². The lowest BCUT2D eigenvalue weighted by atomic mass is 9.94. The first kappa shape index (κ1) is 18.1. The van der Waals surface area contributed by atoms with Gasteiger partial charge in [0.15, 0.2) is 0 Å². The number of amides is 1. The molecule has 1 amide bonds. The summed E-state index contributed by atoms with van der Waals surface area (Å²) < 4.78 is 1.30. The van der Waals surface area contributed by atoms with E-state index in [4.69, 9.17) is 0 Å². The van der Waals surface area contributed by atoms with Crippen LogP contribution in [0.5, 0.6) is 0 Å². The van der Waals surface area contributed by atoms with Crippen molar-refractivity contribution in [3.8, 4) is 0 Å². The first-order valence-corrected chi connectivity index (χ1v) is 7.62. The highest BCUT2D eigenvalue weighted by molar-refractivity contribution is 5.78. The molecule has 2 unspecified atom stereocenters. The first-order valence-electron chi connectivity index (χ1n) is 7.62. The molecule has 2 rings (SSSR count). The summed E-state index contributed by atoms with van der Waals surface area (Å²) in [6.45, 7) is 1.68. The molecule has 1 aromatic carbocycles. The highest BCUT2D eigenvalue weighted by atomic mass is 16.6. The van der Waals surface area contributed by atoms with Crippen molar-refractivity contribution in [3.63, 3.8) is 0 Å². The van der Waals surface area contributed by atoms with Gasteiger partial charge in [0.05, 0.1) is 16.9 Å². The molecular formula is C16H18N4O5. The summed E-state index contributed by atoms with van der Waals surface area (Å²) in [7, 11) is 0. The molecule has 2 N–H and O–H groups in total. The average molecular weight is 346 g/mol. The molecule has 25 heavy (non-hydrogen) atoms. The van der Waals surface area contributed by atoms with Crippen LogP contribution < -0.4 is 5.32 Å². The zero-order valence-corrected chi connectivity index (χ0v) is 13.5. The highest BCUT2D eigenvalue weighted by Gasteiger charge is 2.26. The van der Waals surface area contributed by atoms with Crippen LogP contribution in [0.15, 0.2) is 42.7 Å². The molecule has 0 aliphatic heterocycles. The van der Waals surface area contributed by atoms with Gasteiger partial charge in [0.2, 0.25) is 5.91 Å². The number of nitrogens with zero attached hydrogens (tertiary/aromatic N) is 3. The van der Waals surface area contributed by atoms with Crippen molar-refractivity contribution in [3.05, 3.63) is 58.4 Å². The molecule has 0 bridgehead atoms. The van der Waals surface area contributed by atoms with Crippen LogP contribution in [0.3, 0.4) is 0 Å². The Hall–Kier alpha value is -3.23. The third-order valence-corrected chi connectivity index (χ3v) is 3.76. The highest BCUT2D eigenvalue weighted by Crippen LogP contribution is 2.22. The van der Waals surface area contributed by atoms with Gasteiger partial charge < -0.3 is 10.4 Å². The summed E-state index contributed by atoms with van der Waals surface area (Å²) in [6.07, 6.45) is 2.37. The van der Waals surface area contributed by atoms with Gasteiger partial charge >= 0.3 is 11.7 Å². The molecule has 0 fully saturated rings. The van der Waals surface area contributed by atoms with E-state index >= 15 is 0 Å². The Morgan fingerprint density at radius 3 is 2.60 bits per heavy atom. The second-order valence-corrected chi connectivity index (χ2v) is 5.55.